The quantitative estimate of drug-likeness (QED) is 0.0614. The summed E-state index contributed by atoms with van der Waals surface area (Å²) in [5.74, 6) is -1.77. The van der Waals surface area contributed by atoms with E-state index in [4.69, 9.17) is 0 Å². The Morgan fingerprint density at radius 2 is 1.42 bits per heavy atom. The van der Waals surface area contributed by atoms with Crippen LogP contribution in [0.2, 0.25) is 0 Å². The minimum Gasteiger partial charge on any atom is -0.361 e. The largest absolute Gasteiger partial charge is 0.361 e. The first kappa shape index (κ1) is 38.1. The van der Waals surface area contributed by atoms with E-state index in [0.29, 0.717) is 37.8 Å². The first-order valence-corrected chi connectivity index (χ1v) is 19.4. The van der Waals surface area contributed by atoms with Gasteiger partial charge in [-0.05, 0) is 72.7 Å². The van der Waals surface area contributed by atoms with E-state index in [2.05, 4.69) is 32.3 Å². The van der Waals surface area contributed by atoms with E-state index in [1.807, 2.05) is 78.9 Å². The summed E-state index contributed by atoms with van der Waals surface area (Å²) >= 11 is 2.30. The molecule has 5 aromatic carbocycles. The van der Waals surface area contributed by atoms with Crippen molar-refractivity contribution >= 4 is 80.1 Å². The molecule has 0 saturated heterocycles. The number of amides is 4. The summed E-state index contributed by atoms with van der Waals surface area (Å²) in [7, 11) is 0. The second-order valence-corrected chi connectivity index (χ2v) is 14.9. The Morgan fingerprint density at radius 1 is 0.754 bits per heavy atom. The van der Waals surface area contributed by atoms with E-state index in [9.17, 15) is 24.4 Å². The number of aromatic nitrogens is 1. The standard InChI is InChI=1S/C45H34N6O4S2/c1-28-36(26-46)45(57-39(28)43(54)48-32-18-9-4-10-19-32)51-44(55)40(29-14-5-2-6-15-29)56-34-21-13-20-33(25-34)49-42(53)38(50-41(52)30-16-7-3-8-17-30)24-31-27-47-37-23-12-11-22-35(31)37/h2-25,27,40,47H,1H3,(H,48,54)(H,49,53)(H,50,52)(H,51,55)/b38-24-. The maximum absolute atomic E-state index is 14.1. The van der Waals surface area contributed by atoms with Crippen LogP contribution in [-0.2, 0) is 9.59 Å². The normalized spacial score (nSPS) is 11.6. The fourth-order valence-electron chi connectivity index (χ4n) is 6.03. The number of hydrogen-bond donors (Lipinski definition) is 5. The molecule has 12 heteroatoms. The highest BCUT2D eigenvalue weighted by molar-refractivity contribution is 8.00. The molecule has 10 nitrogen and oxygen atoms in total. The summed E-state index contributed by atoms with van der Waals surface area (Å²) in [5.41, 5.74) is 4.45. The average molecular weight is 787 g/mol. The molecule has 280 valence electrons. The van der Waals surface area contributed by atoms with Crippen molar-refractivity contribution in [1.29, 1.82) is 5.26 Å². The van der Waals surface area contributed by atoms with Crippen LogP contribution >= 0.6 is 23.1 Å². The molecule has 2 heterocycles. The number of hydrogen-bond acceptors (Lipinski definition) is 7. The van der Waals surface area contributed by atoms with Crippen LogP contribution < -0.4 is 21.3 Å². The highest BCUT2D eigenvalue weighted by Crippen LogP contribution is 2.39. The highest BCUT2D eigenvalue weighted by atomic mass is 32.2. The number of H-pyrrole nitrogens is 1. The molecule has 0 aliphatic carbocycles. The van der Waals surface area contributed by atoms with E-state index >= 15 is 0 Å². The lowest BCUT2D eigenvalue weighted by atomic mass is 10.1. The maximum Gasteiger partial charge on any atom is 0.272 e. The molecule has 0 bridgehead atoms. The smallest absolute Gasteiger partial charge is 0.272 e. The molecule has 0 spiro atoms. The van der Waals surface area contributed by atoms with Gasteiger partial charge in [-0.2, -0.15) is 5.26 Å². The van der Waals surface area contributed by atoms with Crippen LogP contribution in [0.5, 0.6) is 0 Å². The third kappa shape index (κ3) is 9.03. The van der Waals surface area contributed by atoms with Crippen LogP contribution in [0.15, 0.2) is 156 Å². The van der Waals surface area contributed by atoms with Crippen molar-refractivity contribution in [1.82, 2.24) is 10.3 Å². The number of anilines is 3. The van der Waals surface area contributed by atoms with Gasteiger partial charge in [-0.25, -0.2) is 0 Å². The number of rotatable bonds is 12. The average Bonchev–Trinajstić information content (AvgIpc) is 3.79. The van der Waals surface area contributed by atoms with Gasteiger partial charge in [0.05, 0.1) is 10.4 Å². The van der Waals surface area contributed by atoms with Crippen molar-refractivity contribution in [3.63, 3.8) is 0 Å². The van der Waals surface area contributed by atoms with Gasteiger partial charge in [0, 0.05) is 44.5 Å². The molecule has 7 aromatic rings. The first-order chi connectivity index (χ1) is 27.8. The van der Waals surface area contributed by atoms with Gasteiger partial charge in [0.25, 0.3) is 17.7 Å². The number of nitriles is 1. The first-order valence-electron chi connectivity index (χ1n) is 17.8. The van der Waals surface area contributed by atoms with E-state index in [1.165, 1.54) is 11.8 Å². The Bertz CT molecular complexity index is 2670. The SMILES string of the molecule is Cc1c(C(=O)Nc2ccccc2)sc(NC(=O)C(Sc2cccc(NC(=O)/C(=C/c3c[nH]c4ccccc34)NC(=O)c3ccccc3)c2)c2ccccc2)c1C#N. The van der Waals surface area contributed by atoms with Crippen molar-refractivity contribution in [3.8, 4) is 6.07 Å². The van der Waals surface area contributed by atoms with Gasteiger partial charge in [-0.3, -0.25) is 19.2 Å². The molecule has 0 fully saturated rings. The predicted octanol–water partition coefficient (Wildman–Crippen LogP) is 9.54. The fraction of sp³-hybridized carbons (Fsp3) is 0.0444. The molecule has 0 saturated carbocycles. The predicted molar refractivity (Wildman–Crippen MR) is 227 cm³/mol. The molecule has 7 rings (SSSR count). The van der Waals surface area contributed by atoms with Crippen molar-refractivity contribution in [2.75, 3.05) is 16.0 Å². The molecule has 57 heavy (non-hydrogen) atoms. The van der Waals surface area contributed by atoms with Crippen LogP contribution in [0.25, 0.3) is 17.0 Å². The van der Waals surface area contributed by atoms with Gasteiger partial charge in [0.15, 0.2) is 0 Å². The highest BCUT2D eigenvalue weighted by Gasteiger charge is 2.27. The number of carbonyl (C=O) groups excluding carboxylic acids is 4. The number of aromatic amines is 1. The van der Waals surface area contributed by atoms with Gasteiger partial charge in [-0.15, -0.1) is 23.1 Å². The van der Waals surface area contributed by atoms with Crippen molar-refractivity contribution < 1.29 is 19.2 Å². The van der Waals surface area contributed by atoms with Gasteiger partial charge in [-0.1, -0.05) is 91.0 Å². The van der Waals surface area contributed by atoms with Crippen LogP contribution in [0.3, 0.4) is 0 Å². The molecule has 2 aromatic heterocycles. The number of fused-ring (bicyclic) bond motifs is 1. The number of para-hydroxylation sites is 2. The van der Waals surface area contributed by atoms with Crippen LogP contribution in [0, 0.1) is 18.3 Å². The lowest BCUT2D eigenvalue weighted by molar-refractivity contribution is -0.116. The molecular weight excluding hydrogens is 753 g/mol. The third-order valence-electron chi connectivity index (χ3n) is 8.87. The third-order valence-corrected chi connectivity index (χ3v) is 11.3. The van der Waals surface area contributed by atoms with E-state index in [1.54, 1.807) is 79.9 Å². The Kier molecular flexibility index (Phi) is 11.7. The number of thiophene rings is 1. The summed E-state index contributed by atoms with van der Waals surface area (Å²) in [6.07, 6.45) is 3.40. The van der Waals surface area contributed by atoms with Crippen molar-refractivity contribution in [3.05, 3.63) is 184 Å². The molecule has 0 aliphatic heterocycles. The van der Waals surface area contributed by atoms with Crippen LogP contribution in [0.4, 0.5) is 16.4 Å². The lowest BCUT2D eigenvalue weighted by Gasteiger charge is -2.17. The zero-order valence-corrected chi connectivity index (χ0v) is 32.0. The van der Waals surface area contributed by atoms with Gasteiger partial charge >= 0.3 is 0 Å². The molecule has 0 radical (unpaired) electrons. The Labute approximate surface area is 336 Å². The van der Waals surface area contributed by atoms with Gasteiger partial charge in [0.2, 0.25) is 5.91 Å². The summed E-state index contributed by atoms with van der Waals surface area (Å²) in [6, 6.07) is 43.7. The molecular formula is C45H34N6O4S2. The second kappa shape index (κ2) is 17.5. The van der Waals surface area contributed by atoms with E-state index in [-0.39, 0.29) is 22.2 Å². The van der Waals surface area contributed by atoms with Crippen molar-refractivity contribution in [2.45, 2.75) is 17.1 Å². The lowest BCUT2D eigenvalue weighted by Crippen LogP contribution is -2.30. The fourth-order valence-corrected chi connectivity index (χ4v) is 8.17. The van der Waals surface area contributed by atoms with Crippen molar-refractivity contribution in [2.24, 2.45) is 0 Å². The minimum absolute atomic E-state index is 0.0320. The summed E-state index contributed by atoms with van der Waals surface area (Å²) < 4.78 is 0. The molecule has 5 N–H and O–H groups in total. The topological polar surface area (TPSA) is 156 Å². The summed E-state index contributed by atoms with van der Waals surface area (Å²) in [6.45, 7) is 1.68. The van der Waals surface area contributed by atoms with E-state index in [0.717, 1.165) is 27.8 Å². The zero-order chi connectivity index (χ0) is 39.7. The minimum atomic E-state index is -0.782. The molecule has 1 atom stereocenters. The van der Waals surface area contributed by atoms with Gasteiger partial charge < -0.3 is 26.3 Å². The number of nitrogens with one attached hydrogen (secondary N) is 5. The number of carbonyl (C=O) groups is 4. The number of benzene rings is 5. The Morgan fingerprint density at radius 3 is 2.16 bits per heavy atom. The molecule has 0 aliphatic rings. The van der Waals surface area contributed by atoms with Gasteiger partial charge in [0.1, 0.15) is 22.0 Å². The number of nitrogens with zero attached hydrogens (tertiary/aromatic N) is 1. The van der Waals surface area contributed by atoms with E-state index < -0.39 is 23.0 Å². The summed E-state index contributed by atoms with van der Waals surface area (Å²) in [4.78, 5) is 58.7. The molecule has 1 unspecified atom stereocenters. The second-order valence-electron chi connectivity index (χ2n) is 12.7. The maximum atomic E-state index is 14.1. The van der Waals surface area contributed by atoms with Crippen LogP contribution in [-0.4, -0.2) is 28.6 Å². The molecule has 4 amide bonds. The Hall–Kier alpha value is -7.20. The zero-order valence-electron chi connectivity index (χ0n) is 30.4. The van der Waals surface area contributed by atoms with Crippen LogP contribution in [0.1, 0.15) is 47.5 Å². The summed E-state index contributed by atoms with van der Waals surface area (Å²) in [5, 5.41) is 21.9. The number of thioether (sulfide) groups is 1. The monoisotopic (exact) mass is 786 g/mol. The Balaban J connectivity index is 1.13.